The minimum atomic E-state index is -1.60. The van der Waals surface area contributed by atoms with E-state index in [0.717, 1.165) is 6.08 Å². The highest BCUT2D eigenvalue weighted by Gasteiger charge is 2.27. The molecule has 3 N–H and O–H groups in total. The molecule has 0 aromatic rings. The molecule has 1 aliphatic rings. The number of hydrogen-bond donors (Lipinski definition) is 3. The van der Waals surface area contributed by atoms with Gasteiger partial charge in [-0.3, -0.25) is 0 Å². The molecule has 8 nitrogen and oxygen atoms in total. The normalized spacial score (nSPS) is 20.4. The van der Waals surface area contributed by atoms with Gasteiger partial charge in [-0.15, -0.1) is 0 Å². The molecule has 1 saturated heterocycles. The van der Waals surface area contributed by atoms with Crippen molar-refractivity contribution in [3.05, 3.63) is 24.0 Å². The van der Waals surface area contributed by atoms with Crippen LogP contribution in [-0.4, -0.2) is 65.4 Å². The number of carbonyl (C=O) groups is 2. The van der Waals surface area contributed by atoms with Gasteiger partial charge in [0.05, 0.1) is 13.2 Å². The summed E-state index contributed by atoms with van der Waals surface area (Å²) in [5.41, 5.74) is 0.0384. The van der Waals surface area contributed by atoms with E-state index < -0.39 is 36.5 Å². The van der Waals surface area contributed by atoms with E-state index in [4.69, 9.17) is 19.3 Å². The molecule has 21 heavy (non-hydrogen) atoms. The minimum absolute atomic E-state index is 0.0144. The van der Waals surface area contributed by atoms with Crippen LogP contribution in [0.4, 0.5) is 0 Å². The van der Waals surface area contributed by atoms with Gasteiger partial charge in [-0.1, -0.05) is 6.58 Å². The first-order valence-corrected chi connectivity index (χ1v) is 6.20. The maximum atomic E-state index is 11.8. The highest BCUT2D eigenvalue weighted by molar-refractivity contribution is 5.94. The number of ether oxygens (including phenoxy) is 3. The van der Waals surface area contributed by atoms with Gasteiger partial charge < -0.3 is 29.5 Å². The Morgan fingerprint density at radius 1 is 1.43 bits per heavy atom. The summed E-state index contributed by atoms with van der Waals surface area (Å²) in [7, 11) is 0. The Balaban J connectivity index is 2.75. The lowest BCUT2D eigenvalue weighted by Gasteiger charge is -2.14. The molecule has 0 saturated carbocycles. The first-order valence-electron chi connectivity index (χ1n) is 6.20. The lowest BCUT2D eigenvalue weighted by Crippen LogP contribution is -2.29. The monoisotopic (exact) mass is 302 g/mol. The van der Waals surface area contributed by atoms with Gasteiger partial charge in [0.25, 0.3) is 0 Å². The zero-order valence-electron chi connectivity index (χ0n) is 11.5. The fourth-order valence-electron chi connectivity index (χ4n) is 1.11. The lowest BCUT2D eigenvalue weighted by molar-refractivity contribution is -0.150. The predicted molar refractivity (Wildman–Crippen MR) is 68.8 cm³/mol. The zero-order valence-corrected chi connectivity index (χ0v) is 11.5. The second kappa shape index (κ2) is 7.89. The van der Waals surface area contributed by atoms with Gasteiger partial charge in [0, 0.05) is 5.57 Å². The van der Waals surface area contributed by atoms with Crippen molar-refractivity contribution < 1.29 is 39.1 Å². The summed E-state index contributed by atoms with van der Waals surface area (Å²) in [4.78, 5) is 23.2. The summed E-state index contributed by atoms with van der Waals surface area (Å²) in [5, 5.41) is 27.5. The van der Waals surface area contributed by atoms with Crippen molar-refractivity contribution in [1.82, 2.24) is 0 Å². The highest BCUT2D eigenvalue weighted by Crippen LogP contribution is 2.12. The molecule has 3 atom stereocenters. The first kappa shape index (κ1) is 17.3. The van der Waals surface area contributed by atoms with Crippen LogP contribution in [0.15, 0.2) is 24.0 Å². The molecule has 1 aliphatic heterocycles. The summed E-state index contributed by atoms with van der Waals surface area (Å²) >= 11 is 0. The largest absolute Gasteiger partial charge is 0.457 e. The van der Waals surface area contributed by atoms with E-state index in [2.05, 4.69) is 6.58 Å². The fraction of sp³-hybridized carbons (Fsp3) is 0.538. The summed E-state index contributed by atoms with van der Waals surface area (Å²) < 4.78 is 14.4. The van der Waals surface area contributed by atoms with Crippen molar-refractivity contribution in [2.45, 2.75) is 25.2 Å². The minimum Gasteiger partial charge on any atom is -0.457 e. The Labute approximate surface area is 121 Å². The van der Waals surface area contributed by atoms with Crippen LogP contribution in [-0.2, 0) is 23.8 Å². The van der Waals surface area contributed by atoms with E-state index in [1.807, 2.05) is 0 Å². The Morgan fingerprint density at radius 2 is 2.05 bits per heavy atom. The van der Waals surface area contributed by atoms with Crippen LogP contribution in [0.1, 0.15) is 6.92 Å². The van der Waals surface area contributed by atoms with Gasteiger partial charge in [0.15, 0.2) is 0 Å². The van der Waals surface area contributed by atoms with Gasteiger partial charge in [-0.2, -0.15) is 0 Å². The Hall–Kier alpha value is -1.74. The summed E-state index contributed by atoms with van der Waals surface area (Å²) in [6.07, 6.45) is -2.52. The molecule has 0 spiro atoms. The van der Waals surface area contributed by atoms with Crippen LogP contribution in [0.25, 0.3) is 0 Å². The van der Waals surface area contributed by atoms with Crippen molar-refractivity contribution >= 4 is 11.9 Å². The average molecular weight is 302 g/mol. The molecule has 0 radical (unpaired) electrons. The standard InChI is InChI=1S/C13H18O8/c1-7(2)12(17)21-11(3-9(15)10(16)4-14)13(18)20-6-8-5-19-8/h3,8-10,14-16H,1,4-6H2,2H3/b11-3-. The number of rotatable bonds is 8. The molecule has 0 amide bonds. The van der Waals surface area contributed by atoms with Gasteiger partial charge in [0.1, 0.15) is 24.9 Å². The maximum Gasteiger partial charge on any atom is 0.374 e. The molecule has 3 unspecified atom stereocenters. The van der Waals surface area contributed by atoms with E-state index in [-0.39, 0.29) is 18.3 Å². The third kappa shape index (κ3) is 6.05. The Morgan fingerprint density at radius 3 is 2.52 bits per heavy atom. The molecular weight excluding hydrogens is 284 g/mol. The summed E-state index contributed by atoms with van der Waals surface area (Å²) in [5.74, 6) is -2.47. The highest BCUT2D eigenvalue weighted by atomic mass is 16.6. The second-order valence-corrected chi connectivity index (χ2v) is 4.50. The number of epoxide rings is 1. The molecular formula is C13H18O8. The number of aliphatic hydroxyl groups excluding tert-OH is 3. The van der Waals surface area contributed by atoms with E-state index in [1.165, 1.54) is 6.92 Å². The molecule has 1 fully saturated rings. The molecule has 1 heterocycles. The smallest absolute Gasteiger partial charge is 0.374 e. The van der Waals surface area contributed by atoms with E-state index >= 15 is 0 Å². The summed E-state index contributed by atoms with van der Waals surface area (Å²) in [6.45, 7) is 4.46. The van der Waals surface area contributed by atoms with Crippen molar-refractivity contribution in [3.8, 4) is 0 Å². The molecule has 0 bridgehead atoms. The van der Waals surface area contributed by atoms with Gasteiger partial charge >= 0.3 is 11.9 Å². The van der Waals surface area contributed by atoms with E-state index in [0.29, 0.717) is 6.61 Å². The van der Waals surface area contributed by atoms with Crippen molar-refractivity contribution in [3.63, 3.8) is 0 Å². The topological polar surface area (TPSA) is 126 Å². The Bertz CT molecular complexity index is 437. The van der Waals surface area contributed by atoms with Crippen LogP contribution < -0.4 is 0 Å². The average Bonchev–Trinajstić information content (AvgIpc) is 3.26. The van der Waals surface area contributed by atoms with E-state index in [1.54, 1.807) is 0 Å². The van der Waals surface area contributed by atoms with Crippen LogP contribution in [0.3, 0.4) is 0 Å². The lowest BCUT2D eigenvalue weighted by atomic mass is 10.2. The number of esters is 2. The Kier molecular flexibility index (Phi) is 6.50. The number of hydrogen-bond acceptors (Lipinski definition) is 8. The fourth-order valence-corrected chi connectivity index (χ4v) is 1.11. The zero-order chi connectivity index (χ0) is 16.0. The number of aliphatic hydroxyl groups is 3. The van der Waals surface area contributed by atoms with E-state index in [9.17, 15) is 19.8 Å². The summed E-state index contributed by atoms with van der Waals surface area (Å²) in [6, 6.07) is 0. The van der Waals surface area contributed by atoms with Crippen molar-refractivity contribution in [2.24, 2.45) is 0 Å². The number of carbonyl (C=O) groups excluding carboxylic acids is 2. The van der Waals surface area contributed by atoms with Crippen LogP contribution in [0.2, 0.25) is 0 Å². The van der Waals surface area contributed by atoms with Crippen LogP contribution >= 0.6 is 0 Å². The van der Waals surface area contributed by atoms with Crippen LogP contribution in [0.5, 0.6) is 0 Å². The van der Waals surface area contributed by atoms with Crippen molar-refractivity contribution in [2.75, 3.05) is 19.8 Å². The molecule has 0 aromatic heterocycles. The first-order chi connectivity index (χ1) is 9.85. The maximum absolute atomic E-state index is 11.8. The molecule has 0 aromatic carbocycles. The quantitative estimate of drug-likeness (QED) is 0.217. The molecule has 8 heteroatoms. The van der Waals surface area contributed by atoms with Gasteiger partial charge in [-0.25, -0.2) is 9.59 Å². The van der Waals surface area contributed by atoms with Gasteiger partial charge in [-0.05, 0) is 13.0 Å². The molecule has 1 rings (SSSR count). The molecule has 118 valence electrons. The van der Waals surface area contributed by atoms with Crippen molar-refractivity contribution in [1.29, 1.82) is 0 Å². The second-order valence-electron chi connectivity index (χ2n) is 4.50. The van der Waals surface area contributed by atoms with Crippen LogP contribution in [0, 0.1) is 0 Å². The third-order valence-corrected chi connectivity index (χ3v) is 2.46. The SMILES string of the molecule is C=C(C)C(=O)O/C(=C\C(O)C(O)CO)C(=O)OCC1CO1. The molecule has 0 aliphatic carbocycles. The van der Waals surface area contributed by atoms with Gasteiger partial charge in [0.2, 0.25) is 5.76 Å². The third-order valence-electron chi connectivity index (χ3n) is 2.46. The predicted octanol–water partition coefficient (Wildman–Crippen LogP) is -1.35.